The van der Waals surface area contributed by atoms with E-state index in [0.717, 1.165) is 50.4 Å². The van der Waals surface area contributed by atoms with Crippen molar-refractivity contribution in [1.29, 1.82) is 0 Å². The number of carbonyl (C=O) groups is 2. The van der Waals surface area contributed by atoms with Crippen LogP contribution >= 0.6 is 0 Å². The minimum Gasteiger partial charge on any atom is -0.391 e. The summed E-state index contributed by atoms with van der Waals surface area (Å²) in [6, 6.07) is 16.7. The zero-order valence-electron chi connectivity index (χ0n) is 41.4. The molecule has 3 saturated heterocycles. The Balaban J connectivity index is 0.000000189. The molecule has 3 aliphatic rings. The minimum absolute atomic E-state index is 0.0204. The Hall–Kier alpha value is -4.32. The lowest BCUT2D eigenvalue weighted by Crippen LogP contribution is -2.43. The van der Waals surface area contributed by atoms with Crippen molar-refractivity contribution in [2.75, 3.05) is 46.3 Å². The Kier molecular flexibility index (Phi) is 18.0. The second kappa shape index (κ2) is 22.0. The highest BCUT2D eigenvalue weighted by molar-refractivity contribution is 5.95. The predicted molar refractivity (Wildman–Crippen MR) is 259 cm³/mol. The molecular weight excluding hydrogens is 785 g/mol. The molecular formula is C52H82N8O3. The molecule has 348 valence electrons. The maximum atomic E-state index is 12.2. The molecule has 5 heterocycles. The number of hydrogen-bond donors (Lipinski definition) is 3. The Labute approximate surface area is 380 Å². The van der Waals surface area contributed by atoms with Gasteiger partial charge in [-0.15, -0.1) is 0 Å². The van der Waals surface area contributed by atoms with Gasteiger partial charge >= 0.3 is 0 Å². The van der Waals surface area contributed by atoms with Crippen LogP contribution in [-0.2, 0) is 28.7 Å². The summed E-state index contributed by atoms with van der Waals surface area (Å²) in [6.45, 7) is 31.7. The Morgan fingerprint density at radius 1 is 0.683 bits per heavy atom. The fourth-order valence-corrected chi connectivity index (χ4v) is 7.85. The SMILES string of the molecule is CC(C)(C)c1ccc(C(=O)N2CC[C@@H](O)C2)cc1.CC(C)(C)c1cnn(C2CCNCC2)c1.CN1CCC(NC(=O)c2ccc(C(C)(C)C)cc2)CC1.Cn1ccnc1C(C)(C)C. The number of carbonyl (C=O) groups excluding carboxylic acids is 2. The molecule has 0 spiro atoms. The van der Waals surface area contributed by atoms with Crippen LogP contribution in [0.5, 0.6) is 0 Å². The number of amides is 2. The van der Waals surface area contributed by atoms with E-state index in [1.54, 1.807) is 4.90 Å². The summed E-state index contributed by atoms with van der Waals surface area (Å²) in [6.07, 6.45) is 12.9. The van der Waals surface area contributed by atoms with E-state index < -0.39 is 0 Å². The quantitative estimate of drug-likeness (QED) is 0.188. The highest BCUT2D eigenvalue weighted by Gasteiger charge is 2.26. The normalized spacial score (nSPS) is 18.0. The summed E-state index contributed by atoms with van der Waals surface area (Å²) in [7, 11) is 4.15. The number of nitrogens with one attached hydrogen (secondary N) is 2. The molecule has 63 heavy (non-hydrogen) atoms. The van der Waals surface area contributed by atoms with Gasteiger partial charge in [-0.25, -0.2) is 4.98 Å². The van der Waals surface area contributed by atoms with Gasteiger partial charge in [-0.2, -0.15) is 5.10 Å². The van der Waals surface area contributed by atoms with Crippen LogP contribution in [0.1, 0.15) is 164 Å². The molecule has 3 N–H and O–H groups in total. The number of β-amino-alcohol motifs (C(OH)–C–C–N with tert-alkyl or cyclic N) is 1. The van der Waals surface area contributed by atoms with Crippen molar-refractivity contribution < 1.29 is 14.7 Å². The van der Waals surface area contributed by atoms with Crippen molar-refractivity contribution in [3.05, 3.63) is 107 Å². The van der Waals surface area contributed by atoms with Crippen LogP contribution in [0.25, 0.3) is 0 Å². The molecule has 2 amide bonds. The molecule has 1 atom stereocenters. The first-order chi connectivity index (χ1) is 29.3. The monoisotopic (exact) mass is 867 g/mol. The lowest BCUT2D eigenvalue weighted by molar-refractivity contribution is 0.0764. The number of aryl methyl sites for hydroxylation is 1. The predicted octanol–water partition coefficient (Wildman–Crippen LogP) is 8.82. The molecule has 0 saturated carbocycles. The van der Waals surface area contributed by atoms with Gasteiger partial charge in [-0.3, -0.25) is 14.3 Å². The van der Waals surface area contributed by atoms with E-state index in [-0.39, 0.29) is 39.6 Å². The number of aromatic nitrogens is 4. The Morgan fingerprint density at radius 3 is 1.62 bits per heavy atom. The van der Waals surface area contributed by atoms with Crippen LogP contribution in [0, 0.1) is 0 Å². The number of nitrogens with zero attached hydrogens (tertiary/aromatic N) is 6. The van der Waals surface area contributed by atoms with E-state index in [4.69, 9.17) is 0 Å². The van der Waals surface area contributed by atoms with E-state index in [9.17, 15) is 14.7 Å². The maximum Gasteiger partial charge on any atom is 0.253 e. The summed E-state index contributed by atoms with van der Waals surface area (Å²) in [4.78, 5) is 32.7. The number of piperidine rings is 2. The van der Waals surface area contributed by atoms with E-state index >= 15 is 0 Å². The van der Waals surface area contributed by atoms with Gasteiger partial charge in [-0.1, -0.05) is 107 Å². The van der Waals surface area contributed by atoms with E-state index in [1.807, 2.05) is 62.0 Å². The van der Waals surface area contributed by atoms with E-state index in [0.29, 0.717) is 37.2 Å². The van der Waals surface area contributed by atoms with Gasteiger partial charge < -0.3 is 30.1 Å². The molecule has 0 radical (unpaired) electrons. The van der Waals surface area contributed by atoms with Gasteiger partial charge in [0.25, 0.3) is 11.8 Å². The van der Waals surface area contributed by atoms with Crippen molar-refractivity contribution in [3.8, 4) is 0 Å². The zero-order valence-corrected chi connectivity index (χ0v) is 41.4. The molecule has 0 aliphatic carbocycles. The molecule has 3 fully saturated rings. The summed E-state index contributed by atoms with van der Waals surface area (Å²) in [5.74, 6) is 1.21. The number of rotatable bonds is 4. The van der Waals surface area contributed by atoms with Crippen molar-refractivity contribution in [2.45, 2.75) is 155 Å². The summed E-state index contributed by atoms with van der Waals surface area (Å²) in [5.41, 5.74) is 5.89. The number of aliphatic hydroxyl groups excluding tert-OH is 1. The topological polar surface area (TPSA) is 121 Å². The standard InChI is InChI=1S/C17H26N2O.C15H21NO2.C12H21N3.C8H14N2/c1-17(2,3)14-7-5-13(6-8-14)16(20)18-15-9-11-19(4)12-10-15;1-15(2,3)12-6-4-11(5-7-12)14(18)16-9-8-13(17)10-16;1-12(2,3)10-8-14-15(9-10)11-4-6-13-7-5-11;1-8(2,3)7-9-5-6-10(7)4/h5-8,15H,9-12H2,1-4H3,(H,18,20);4-7,13,17H,8-10H2,1-3H3;8-9,11,13H,4-7H2,1-3H3;5-6H,1-4H3/t;13-;;/m.1../s1. The van der Waals surface area contributed by atoms with Crippen molar-refractivity contribution in [2.24, 2.45) is 7.05 Å². The van der Waals surface area contributed by atoms with Crippen LogP contribution in [-0.4, -0.2) is 105 Å². The van der Waals surface area contributed by atoms with Crippen LogP contribution < -0.4 is 10.6 Å². The molecule has 0 unspecified atom stereocenters. The van der Waals surface area contributed by atoms with Crippen LogP contribution in [0.15, 0.2) is 73.3 Å². The molecule has 11 nitrogen and oxygen atoms in total. The average molecular weight is 867 g/mol. The third kappa shape index (κ3) is 16.0. The lowest BCUT2D eigenvalue weighted by Gasteiger charge is -2.29. The van der Waals surface area contributed by atoms with Crippen molar-refractivity contribution in [3.63, 3.8) is 0 Å². The fourth-order valence-electron chi connectivity index (χ4n) is 7.85. The largest absolute Gasteiger partial charge is 0.391 e. The third-order valence-electron chi connectivity index (χ3n) is 12.2. The van der Waals surface area contributed by atoms with Gasteiger partial charge in [0, 0.05) is 61.3 Å². The van der Waals surface area contributed by atoms with E-state index in [1.165, 1.54) is 29.5 Å². The van der Waals surface area contributed by atoms with Gasteiger partial charge in [-0.05, 0) is 123 Å². The highest BCUT2D eigenvalue weighted by atomic mass is 16.3. The van der Waals surface area contributed by atoms with Crippen LogP contribution in [0.2, 0.25) is 0 Å². The maximum absolute atomic E-state index is 12.2. The molecule has 0 bridgehead atoms. The number of hydrogen-bond acceptors (Lipinski definition) is 7. The van der Waals surface area contributed by atoms with Gasteiger partial charge in [0.1, 0.15) is 5.82 Å². The lowest BCUT2D eigenvalue weighted by atomic mass is 9.86. The first kappa shape index (κ1) is 51.3. The Bertz CT molecular complexity index is 1990. The zero-order chi connectivity index (χ0) is 46.8. The van der Waals surface area contributed by atoms with Gasteiger partial charge in [0.05, 0.1) is 18.3 Å². The number of benzene rings is 2. The van der Waals surface area contributed by atoms with Gasteiger partial charge in [0.2, 0.25) is 0 Å². The number of aliphatic hydroxyl groups is 1. The first-order valence-corrected chi connectivity index (χ1v) is 23.2. The smallest absolute Gasteiger partial charge is 0.253 e. The molecule has 3 aliphatic heterocycles. The van der Waals surface area contributed by atoms with Crippen LogP contribution in [0.3, 0.4) is 0 Å². The first-order valence-electron chi connectivity index (χ1n) is 23.2. The summed E-state index contributed by atoms with van der Waals surface area (Å²) >= 11 is 0. The molecule has 2 aromatic heterocycles. The average Bonchev–Trinajstić information content (AvgIpc) is 4.01. The number of imidazole rings is 1. The molecule has 7 rings (SSSR count). The second-order valence-electron chi connectivity index (χ2n) is 22.0. The summed E-state index contributed by atoms with van der Waals surface area (Å²) in [5, 5.41) is 20.5. The molecule has 11 heteroatoms. The Morgan fingerprint density at radius 2 is 1.21 bits per heavy atom. The van der Waals surface area contributed by atoms with E-state index in [2.05, 4.69) is 143 Å². The molecule has 4 aromatic rings. The van der Waals surface area contributed by atoms with Crippen molar-refractivity contribution >= 4 is 11.8 Å². The number of likely N-dealkylation sites (tertiary alicyclic amines) is 2. The molecule has 2 aromatic carbocycles. The minimum atomic E-state index is -0.359. The van der Waals surface area contributed by atoms with Gasteiger partial charge in [0.15, 0.2) is 0 Å². The third-order valence-corrected chi connectivity index (χ3v) is 12.2. The van der Waals surface area contributed by atoms with Crippen molar-refractivity contribution in [1.82, 2.24) is 39.8 Å². The fraction of sp³-hybridized carbons (Fsp3) is 0.615. The summed E-state index contributed by atoms with van der Waals surface area (Å²) < 4.78 is 4.21. The highest BCUT2D eigenvalue weighted by Crippen LogP contribution is 2.26. The van der Waals surface area contributed by atoms with Crippen LogP contribution in [0.4, 0.5) is 0 Å². The second-order valence-corrected chi connectivity index (χ2v) is 22.0.